The fraction of sp³-hybridized carbons (Fsp3) is 0.600. The molecule has 0 amide bonds. The molecule has 1 heterocycles. The van der Waals surface area contributed by atoms with E-state index in [1.54, 1.807) is 0 Å². The lowest BCUT2D eigenvalue weighted by atomic mass is 9.85. The average molecular weight is 176 g/mol. The molecule has 3 aliphatic rings. The summed E-state index contributed by atoms with van der Waals surface area (Å²) in [6.45, 7) is 3.70. The van der Waals surface area contributed by atoms with Crippen LogP contribution in [0.3, 0.4) is 0 Å². The largest absolute Gasteiger partial charge is 0.461 e. The molecule has 3 heteroatoms. The molecule has 1 saturated heterocycles. The van der Waals surface area contributed by atoms with E-state index in [-0.39, 0.29) is 7.12 Å². The quantitative estimate of drug-likeness (QED) is 0.470. The van der Waals surface area contributed by atoms with Crippen LogP contribution in [0.15, 0.2) is 24.8 Å². The summed E-state index contributed by atoms with van der Waals surface area (Å²) >= 11 is 0. The molecule has 1 saturated carbocycles. The van der Waals surface area contributed by atoms with E-state index in [2.05, 4.69) is 18.7 Å². The Labute approximate surface area is 78.7 Å². The molecule has 0 unspecified atom stereocenters. The Morgan fingerprint density at radius 3 is 2.46 bits per heavy atom. The summed E-state index contributed by atoms with van der Waals surface area (Å²) < 4.78 is 11.6. The van der Waals surface area contributed by atoms with Crippen LogP contribution in [-0.2, 0) is 9.31 Å². The van der Waals surface area contributed by atoms with Gasteiger partial charge < -0.3 is 9.31 Å². The van der Waals surface area contributed by atoms with Crippen LogP contribution in [0.4, 0.5) is 0 Å². The smallest absolute Gasteiger partial charge is 0.405 e. The van der Waals surface area contributed by atoms with Crippen LogP contribution >= 0.6 is 0 Å². The van der Waals surface area contributed by atoms with Crippen molar-refractivity contribution in [2.45, 2.75) is 24.9 Å². The summed E-state index contributed by atoms with van der Waals surface area (Å²) in [5, 5.41) is 0. The predicted molar refractivity (Wildman–Crippen MR) is 51.2 cm³/mol. The zero-order valence-corrected chi connectivity index (χ0v) is 7.56. The summed E-state index contributed by atoms with van der Waals surface area (Å²) in [6.07, 6.45) is 9.14. The lowest BCUT2D eigenvalue weighted by Crippen LogP contribution is -2.26. The van der Waals surface area contributed by atoms with Crippen molar-refractivity contribution in [3.8, 4) is 0 Å². The van der Waals surface area contributed by atoms with Gasteiger partial charge in [0.15, 0.2) is 0 Å². The SMILES string of the molecule is C=CCB1O[C@@H]2[C@H](O1)[C@H]1C=C[C@@H]2C1. The Hall–Kier alpha value is -0.535. The molecule has 3 rings (SSSR count). The Kier molecular flexibility index (Phi) is 1.64. The molecule has 0 aromatic heterocycles. The van der Waals surface area contributed by atoms with Gasteiger partial charge in [0.05, 0.1) is 12.2 Å². The molecular weight excluding hydrogens is 163 g/mol. The topological polar surface area (TPSA) is 18.5 Å². The number of hydrogen-bond donors (Lipinski definition) is 0. The molecule has 2 bridgehead atoms. The molecule has 1 aliphatic heterocycles. The molecule has 0 radical (unpaired) electrons. The number of fused-ring (bicyclic) bond motifs is 5. The third-order valence-corrected chi connectivity index (χ3v) is 3.29. The van der Waals surface area contributed by atoms with E-state index in [0.29, 0.717) is 24.0 Å². The van der Waals surface area contributed by atoms with Crippen LogP contribution in [0.25, 0.3) is 0 Å². The van der Waals surface area contributed by atoms with Crippen LogP contribution in [0.1, 0.15) is 6.42 Å². The number of allylic oxidation sites excluding steroid dienone is 1. The van der Waals surface area contributed by atoms with Gasteiger partial charge in [-0.1, -0.05) is 18.2 Å². The first-order valence-corrected chi connectivity index (χ1v) is 4.98. The fourth-order valence-corrected chi connectivity index (χ4v) is 2.72. The van der Waals surface area contributed by atoms with Crippen molar-refractivity contribution >= 4 is 7.12 Å². The third kappa shape index (κ3) is 1.04. The van der Waals surface area contributed by atoms with Crippen LogP contribution < -0.4 is 0 Å². The van der Waals surface area contributed by atoms with Gasteiger partial charge in [0, 0.05) is 18.2 Å². The summed E-state index contributed by atoms with van der Waals surface area (Å²) in [5.74, 6) is 1.23. The van der Waals surface area contributed by atoms with Gasteiger partial charge in [-0.2, -0.15) is 0 Å². The second-order valence-corrected chi connectivity index (χ2v) is 4.10. The van der Waals surface area contributed by atoms with Gasteiger partial charge in [-0.25, -0.2) is 0 Å². The molecule has 68 valence electrons. The molecule has 2 fully saturated rings. The standard InChI is InChI=1S/C10H13BO2/c1-2-5-11-12-9-7-3-4-8(6-7)10(9)13-11/h2-4,7-10H,1,5-6H2/t7-,8+,9+,10-. The Morgan fingerprint density at radius 1 is 1.31 bits per heavy atom. The van der Waals surface area contributed by atoms with Crippen molar-refractivity contribution < 1.29 is 9.31 Å². The van der Waals surface area contributed by atoms with Gasteiger partial charge in [0.1, 0.15) is 0 Å². The third-order valence-electron chi connectivity index (χ3n) is 3.29. The highest BCUT2D eigenvalue weighted by molar-refractivity contribution is 6.45. The first kappa shape index (κ1) is 7.83. The van der Waals surface area contributed by atoms with E-state index >= 15 is 0 Å². The van der Waals surface area contributed by atoms with E-state index in [0.717, 1.165) is 6.32 Å². The Bertz CT molecular complexity index is 244. The van der Waals surface area contributed by atoms with Crippen molar-refractivity contribution in [3.05, 3.63) is 24.8 Å². The van der Waals surface area contributed by atoms with Crippen molar-refractivity contribution in [1.29, 1.82) is 0 Å². The first-order chi connectivity index (χ1) is 6.38. The van der Waals surface area contributed by atoms with E-state index in [1.165, 1.54) is 6.42 Å². The normalized spacial score (nSPS) is 45.7. The molecule has 0 aromatic carbocycles. The Balaban J connectivity index is 1.75. The lowest BCUT2D eigenvalue weighted by Gasteiger charge is -2.17. The summed E-state index contributed by atoms with van der Waals surface area (Å²) in [5.41, 5.74) is 0. The van der Waals surface area contributed by atoms with Crippen molar-refractivity contribution in [2.24, 2.45) is 11.8 Å². The van der Waals surface area contributed by atoms with E-state index in [1.807, 2.05) is 6.08 Å². The van der Waals surface area contributed by atoms with Gasteiger partial charge in [-0.05, 0) is 6.42 Å². The van der Waals surface area contributed by atoms with Gasteiger partial charge in [0.25, 0.3) is 0 Å². The highest BCUT2D eigenvalue weighted by atomic mass is 16.7. The van der Waals surface area contributed by atoms with Crippen molar-refractivity contribution in [3.63, 3.8) is 0 Å². The highest BCUT2D eigenvalue weighted by Crippen LogP contribution is 2.46. The Morgan fingerprint density at radius 2 is 1.92 bits per heavy atom. The molecule has 4 atom stereocenters. The second kappa shape index (κ2) is 2.73. The molecular formula is C10H13BO2. The van der Waals surface area contributed by atoms with Gasteiger partial charge in [-0.3, -0.25) is 0 Å². The number of rotatable bonds is 2. The van der Waals surface area contributed by atoms with Gasteiger partial charge in [0.2, 0.25) is 0 Å². The zero-order valence-electron chi connectivity index (χ0n) is 7.56. The fourth-order valence-electron chi connectivity index (χ4n) is 2.72. The molecule has 2 aliphatic carbocycles. The van der Waals surface area contributed by atoms with Crippen LogP contribution in [-0.4, -0.2) is 19.3 Å². The van der Waals surface area contributed by atoms with Crippen molar-refractivity contribution in [1.82, 2.24) is 0 Å². The molecule has 0 aromatic rings. The molecule has 2 nitrogen and oxygen atoms in total. The first-order valence-electron chi connectivity index (χ1n) is 4.98. The minimum atomic E-state index is -0.0299. The van der Waals surface area contributed by atoms with Gasteiger partial charge in [-0.15, -0.1) is 6.58 Å². The van der Waals surface area contributed by atoms with E-state index < -0.39 is 0 Å². The minimum Gasteiger partial charge on any atom is -0.405 e. The molecule has 0 N–H and O–H groups in total. The van der Waals surface area contributed by atoms with Crippen LogP contribution in [0.5, 0.6) is 0 Å². The maximum atomic E-state index is 5.81. The summed E-state index contributed by atoms with van der Waals surface area (Å²) in [4.78, 5) is 0. The monoisotopic (exact) mass is 176 g/mol. The van der Waals surface area contributed by atoms with Crippen LogP contribution in [0, 0.1) is 11.8 Å². The summed E-state index contributed by atoms with van der Waals surface area (Å²) in [6, 6.07) is 0. The zero-order chi connectivity index (χ0) is 8.84. The predicted octanol–water partition coefficient (Wildman–Crippen LogP) is 1.65. The molecule has 13 heavy (non-hydrogen) atoms. The van der Waals surface area contributed by atoms with Crippen molar-refractivity contribution in [2.75, 3.05) is 0 Å². The number of hydrogen-bond acceptors (Lipinski definition) is 2. The summed E-state index contributed by atoms with van der Waals surface area (Å²) in [7, 11) is -0.0299. The van der Waals surface area contributed by atoms with Gasteiger partial charge >= 0.3 is 7.12 Å². The second-order valence-electron chi connectivity index (χ2n) is 4.10. The van der Waals surface area contributed by atoms with E-state index in [9.17, 15) is 0 Å². The van der Waals surface area contributed by atoms with E-state index in [4.69, 9.17) is 9.31 Å². The maximum Gasteiger partial charge on any atom is 0.461 e. The van der Waals surface area contributed by atoms with Crippen LogP contribution in [0.2, 0.25) is 6.32 Å². The lowest BCUT2D eigenvalue weighted by molar-refractivity contribution is 0.145. The average Bonchev–Trinajstić information content (AvgIpc) is 2.72. The maximum absolute atomic E-state index is 5.81. The highest BCUT2D eigenvalue weighted by Gasteiger charge is 2.52. The minimum absolute atomic E-state index is 0.0299. The molecule has 0 spiro atoms.